The number of rotatable bonds is 4. The predicted molar refractivity (Wildman–Crippen MR) is 86.6 cm³/mol. The monoisotopic (exact) mass is 285 g/mol. The summed E-state index contributed by atoms with van der Waals surface area (Å²) in [4.78, 5) is 12.9. The van der Waals surface area contributed by atoms with Crippen LogP contribution in [0.5, 0.6) is 0 Å². The molecule has 1 N–H and O–H groups in total. The molecule has 0 aliphatic rings. The number of nitro benzene ring substituents is 1. The Morgan fingerprint density at radius 1 is 1.14 bits per heavy atom. The minimum absolute atomic E-state index is 0.0856. The zero-order valence-corrected chi connectivity index (χ0v) is 12.7. The molecule has 0 aliphatic heterocycles. The van der Waals surface area contributed by atoms with Crippen LogP contribution in [0.3, 0.4) is 0 Å². The molecule has 0 unspecified atom stereocenters. The average Bonchev–Trinajstić information content (AvgIpc) is 2.45. The van der Waals surface area contributed by atoms with Gasteiger partial charge in [0.25, 0.3) is 0 Å². The van der Waals surface area contributed by atoms with Crippen LogP contribution in [0.1, 0.15) is 11.1 Å². The molecule has 5 nitrogen and oxygen atoms in total. The fourth-order valence-corrected chi connectivity index (χ4v) is 2.51. The average molecular weight is 285 g/mol. The van der Waals surface area contributed by atoms with Crippen molar-refractivity contribution < 1.29 is 4.92 Å². The summed E-state index contributed by atoms with van der Waals surface area (Å²) < 4.78 is 0. The number of hydrogen-bond acceptors (Lipinski definition) is 4. The Hall–Kier alpha value is -2.56. The summed E-state index contributed by atoms with van der Waals surface area (Å²) in [6.45, 7) is 4.04. The summed E-state index contributed by atoms with van der Waals surface area (Å²) in [5, 5.41) is 14.3. The molecule has 5 heteroatoms. The molecular formula is C16H19N3O2. The largest absolute Gasteiger partial charge is 0.382 e. The lowest BCUT2D eigenvalue weighted by atomic mass is 10.1. The van der Waals surface area contributed by atoms with Crippen molar-refractivity contribution >= 4 is 22.7 Å². The molecule has 110 valence electrons. The van der Waals surface area contributed by atoms with Crippen LogP contribution in [-0.2, 0) is 0 Å². The van der Waals surface area contributed by atoms with E-state index in [2.05, 4.69) is 11.4 Å². The number of aryl methyl sites for hydroxylation is 2. The first kappa shape index (κ1) is 14.8. The predicted octanol–water partition coefficient (Wildman–Crippen LogP) is 4.02. The van der Waals surface area contributed by atoms with Crippen LogP contribution in [0.25, 0.3) is 0 Å². The van der Waals surface area contributed by atoms with E-state index in [1.165, 1.54) is 5.56 Å². The lowest BCUT2D eigenvalue weighted by Crippen LogP contribution is -2.13. The molecule has 0 aliphatic carbocycles. The summed E-state index contributed by atoms with van der Waals surface area (Å²) in [6, 6.07) is 11.3. The van der Waals surface area contributed by atoms with E-state index in [1.54, 1.807) is 19.2 Å². The van der Waals surface area contributed by atoms with Crippen LogP contribution < -0.4 is 10.2 Å². The Morgan fingerprint density at radius 3 is 2.43 bits per heavy atom. The molecule has 2 aromatic rings. The van der Waals surface area contributed by atoms with Gasteiger partial charge >= 0.3 is 5.69 Å². The van der Waals surface area contributed by atoms with Gasteiger partial charge < -0.3 is 10.2 Å². The smallest absolute Gasteiger partial charge is 0.315 e. The maximum Gasteiger partial charge on any atom is 0.315 e. The molecule has 0 radical (unpaired) electrons. The number of hydrogen-bond donors (Lipinski definition) is 1. The van der Waals surface area contributed by atoms with Crippen molar-refractivity contribution in [1.82, 2.24) is 0 Å². The van der Waals surface area contributed by atoms with Gasteiger partial charge in [-0.2, -0.15) is 0 Å². The number of benzene rings is 2. The molecule has 0 atom stereocenters. The van der Waals surface area contributed by atoms with Crippen molar-refractivity contribution in [3.05, 3.63) is 57.6 Å². The Morgan fingerprint density at radius 2 is 1.86 bits per heavy atom. The Labute approximate surface area is 124 Å². The zero-order valence-electron chi connectivity index (χ0n) is 12.7. The summed E-state index contributed by atoms with van der Waals surface area (Å²) >= 11 is 0. The number of anilines is 3. The van der Waals surface area contributed by atoms with Crippen molar-refractivity contribution in [3.8, 4) is 0 Å². The highest BCUT2D eigenvalue weighted by Crippen LogP contribution is 2.38. The summed E-state index contributed by atoms with van der Waals surface area (Å²) in [5.41, 5.74) is 4.37. The normalized spacial score (nSPS) is 10.3. The minimum atomic E-state index is -0.346. The SMILES string of the molecule is CNc1cccc(N(C)c2ccc(C)cc2C)c1[N+](=O)[O-]. The van der Waals surface area contributed by atoms with E-state index in [4.69, 9.17) is 0 Å². The van der Waals surface area contributed by atoms with Crippen molar-refractivity contribution in [2.24, 2.45) is 0 Å². The maximum atomic E-state index is 11.4. The Bertz CT molecular complexity index is 683. The van der Waals surface area contributed by atoms with Crippen molar-refractivity contribution in [2.45, 2.75) is 13.8 Å². The minimum Gasteiger partial charge on any atom is -0.382 e. The van der Waals surface area contributed by atoms with E-state index in [1.807, 2.05) is 44.0 Å². The van der Waals surface area contributed by atoms with Gasteiger partial charge in [-0.3, -0.25) is 10.1 Å². The second-order valence-corrected chi connectivity index (χ2v) is 5.03. The number of nitrogens with zero attached hydrogens (tertiary/aromatic N) is 2. The molecule has 0 saturated heterocycles. The Balaban J connectivity index is 2.58. The molecule has 0 fully saturated rings. The molecule has 0 spiro atoms. The standard InChI is InChI=1S/C16H19N3O2/c1-11-8-9-14(12(2)10-11)18(4)15-7-5-6-13(17-3)16(15)19(20)21/h5-10,17H,1-4H3. The second kappa shape index (κ2) is 5.83. The topological polar surface area (TPSA) is 58.4 Å². The first-order valence-electron chi connectivity index (χ1n) is 6.72. The molecule has 0 saturated carbocycles. The van der Waals surface area contributed by atoms with Gasteiger partial charge in [-0.25, -0.2) is 0 Å². The van der Waals surface area contributed by atoms with E-state index < -0.39 is 0 Å². The van der Waals surface area contributed by atoms with E-state index in [0.29, 0.717) is 11.4 Å². The van der Waals surface area contributed by atoms with E-state index in [9.17, 15) is 10.1 Å². The molecular weight excluding hydrogens is 266 g/mol. The Kier molecular flexibility index (Phi) is 4.12. The third-order valence-electron chi connectivity index (χ3n) is 3.54. The second-order valence-electron chi connectivity index (χ2n) is 5.03. The van der Waals surface area contributed by atoms with Gasteiger partial charge in [0.1, 0.15) is 11.4 Å². The summed E-state index contributed by atoms with van der Waals surface area (Å²) in [5.74, 6) is 0. The van der Waals surface area contributed by atoms with Gasteiger partial charge in [0.15, 0.2) is 0 Å². The molecule has 0 aromatic heterocycles. The maximum absolute atomic E-state index is 11.4. The fourth-order valence-electron chi connectivity index (χ4n) is 2.51. The quantitative estimate of drug-likeness (QED) is 0.681. The van der Waals surface area contributed by atoms with E-state index in [-0.39, 0.29) is 10.6 Å². The first-order chi connectivity index (χ1) is 9.95. The lowest BCUT2D eigenvalue weighted by Gasteiger charge is -2.22. The lowest BCUT2D eigenvalue weighted by molar-refractivity contribution is -0.383. The number of nitro groups is 1. The van der Waals surface area contributed by atoms with E-state index >= 15 is 0 Å². The molecule has 2 aromatic carbocycles. The molecule has 2 rings (SSSR count). The van der Waals surface area contributed by atoms with Crippen LogP contribution in [-0.4, -0.2) is 19.0 Å². The third-order valence-corrected chi connectivity index (χ3v) is 3.54. The van der Waals surface area contributed by atoms with Crippen molar-refractivity contribution in [2.75, 3.05) is 24.3 Å². The van der Waals surface area contributed by atoms with Crippen LogP contribution in [0.15, 0.2) is 36.4 Å². The van der Waals surface area contributed by atoms with Gasteiger partial charge in [-0.15, -0.1) is 0 Å². The van der Waals surface area contributed by atoms with Crippen molar-refractivity contribution in [3.63, 3.8) is 0 Å². The number of nitrogens with one attached hydrogen (secondary N) is 1. The fraction of sp³-hybridized carbons (Fsp3) is 0.250. The van der Waals surface area contributed by atoms with Gasteiger partial charge in [0.2, 0.25) is 0 Å². The van der Waals surface area contributed by atoms with Crippen LogP contribution in [0.4, 0.5) is 22.7 Å². The van der Waals surface area contributed by atoms with Gasteiger partial charge in [0, 0.05) is 19.8 Å². The highest BCUT2D eigenvalue weighted by Gasteiger charge is 2.22. The van der Waals surface area contributed by atoms with Gasteiger partial charge in [-0.05, 0) is 37.6 Å². The summed E-state index contributed by atoms with van der Waals surface area (Å²) in [7, 11) is 3.53. The molecule has 21 heavy (non-hydrogen) atoms. The molecule has 0 amide bonds. The van der Waals surface area contributed by atoms with E-state index in [0.717, 1.165) is 11.3 Å². The van der Waals surface area contributed by atoms with Gasteiger partial charge in [-0.1, -0.05) is 23.8 Å². The van der Waals surface area contributed by atoms with Crippen LogP contribution in [0, 0.1) is 24.0 Å². The van der Waals surface area contributed by atoms with Crippen LogP contribution >= 0.6 is 0 Å². The zero-order chi connectivity index (χ0) is 15.6. The van der Waals surface area contributed by atoms with Crippen LogP contribution in [0.2, 0.25) is 0 Å². The summed E-state index contributed by atoms with van der Waals surface area (Å²) in [6.07, 6.45) is 0. The van der Waals surface area contributed by atoms with Gasteiger partial charge in [0.05, 0.1) is 4.92 Å². The highest BCUT2D eigenvalue weighted by atomic mass is 16.6. The molecule has 0 bridgehead atoms. The molecule has 0 heterocycles. The number of para-hydroxylation sites is 1. The third kappa shape index (κ3) is 2.81. The highest BCUT2D eigenvalue weighted by molar-refractivity contribution is 5.81. The first-order valence-corrected chi connectivity index (χ1v) is 6.72. The van der Waals surface area contributed by atoms with Crippen molar-refractivity contribution in [1.29, 1.82) is 0 Å².